The number of hydrogen-bond acceptors (Lipinski definition) is 6. The number of allylic oxidation sites excluding steroid dienone is 2. The van der Waals surface area contributed by atoms with E-state index in [4.69, 9.17) is 37.4 Å². The van der Waals surface area contributed by atoms with Crippen LogP contribution in [0.2, 0.25) is 0 Å². The number of carbonyl (C=O) groups excluding carboxylic acids is 2. The van der Waals surface area contributed by atoms with Gasteiger partial charge in [0.25, 0.3) is 0 Å². The lowest BCUT2D eigenvalue weighted by molar-refractivity contribution is -0.154. The summed E-state index contributed by atoms with van der Waals surface area (Å²) in [6, 6.07) is 0. The minimum absolute atomic E-state index is 0.0364. The molecule has 0 aromatic carbocycles. The minimum Gasteiger partial charge on any atom is -0.466 e. The average Bonchev–Trinajstić information content (AvgIpc) is 2.53. The smallest absolute Gasteiger partial charge is 0.355 e. The molecule has 2 aliphatic rings. The van der Waals surface area contributed by atoms with Crippen LogP contribution in [0.4, 0.5) is 0 Å². The molecule has 0 saturated carbocycles. The molecule has 0 saturated heterocycles. The van der Waals surface area contributed by atoms with Gasteiger partial charge in [0.2, 0.25) is 0 Å². The third-order valence-corrected chi connectivity index (χ3v) is 5.01. The first-order chi connectivity index (χ1) is 10.8. The highest BCUT2D eigenvalue weighted by Gasteiger charge is 2.53. The Morgan fingerprint density at radius 3 is 2.48 bits per heavy atom. The van der Waals surface area contributed by atoms with Crippen molar-refractivity contribution in [3.05, 3.63) is 34.1 Å². The molecule has 0 radical (unpaired) electrons. The number of carbonyl (C=O) groups is 2. The molecule has 2 unspecified atom stereocenters. The third kappa shape index (κ3) is 3.03. The summed E-state index contributed by atoms with van der Waals surface area (Å²) in [5.41, 5.74) is -1.62. The van der Waals surface area contributed by atoms with Crippen molar-refractivity contribution in [1.82, 2.24) is 4.90 Å². The molecule has 0 aromatic rings. The highest BCUT2D eigenvalue weighted by molar-refractivity contribution is 9.11. The van der Waals surface area contributed by atoms with Gasteiger partial charge in [0.15, 0.2) is 6.23 Å². The van der Waals surface area contributed by atoms with Gasteiger partial charge < -0.3 is 19.1 Å². The predicted molar refractivity (Wildman–Crippen MR) is 87.8 cm³/mol. The second-order valence-electron chi connectivity index (χ2n) is 4.89. The molecule has 6 nitrogen and oxygen atoms in total. The Labute approximate surface area is 151 Å². The summed E-state index contributed by atoms with van der Waals surface area (Å²) >= 11 is 15.5. The zero-order chi connectivity index (χ0) is 17.4. The summed E-state index contributed by atoms with van der Waals surface area (Å²) in [6.07, 6.45) is 4.30. The second-order valence-corrected chi connectivity index (χ2v) is 6.90. The first-order valence-corrected chi connectivity index (χ1v) is 8.14. The van der Waals surface area contributed by atoms with Crippen LogP contribution in [0.3, 0.4) is 0 Å². The Morgan fingerprint density at radius 2 is 1.96 bits per heavy atom. The van der Waals surface area contributed by atoms with E-state index < -0.39 is 28.6 Å². The number of esters is 2. The summed E-state index contributed by atoms with van der Waals surface area (Å²) < 4.78 is 16.2. The van der Waals surface area contributed by atoms with Gasteiger partial charge in [0, 0.05) is 10.7 Å². The van der Waals surface area contributed by atoms with Crippen LogP contribution in [0, 0.1) is 0 Å². The number of nitrogens with zero attached hydrogens (tertiary/aromatic N) is 1. The number of halogens is 3. The van der Waals surface area contributed by atoms with E-state index in [1.807, 2.05) is 0 Å². The van der Waals surface area contributed by atoms with Gasteiger partial charge in [-0.1, -0.05) is 15.9 Å². The SMILES string of the molecule is COC(=O)C1=C(C(=O)OC)C(C)(C(Cl)Cl)OC2C(Br)=CC=CN12. The lowest BCUT2D eigenvalue weighted by Crippen LogP contribution is -2.55. The van der Waals surface area contributed by atoms with E-state index in [-0.39, 0.29) is 11.3 Å². The van der Waals surface area contributed by atoms with Crippen LogP contribution in [-0.4, -0.2) is 47.7 Å². The number of rotatable bonds is 3. The van der Waals surface area contributed by atoms with E-state index in [9.17, 15) is 9.59 Å². The molecule has 0 aromatic heterocycles. The minimum atomic E-state index is -1.47. The standard InChI is InChI=1S/C14H14BrCl2NO5/c1-14(13(16)17)8(11(19)21-2)9(12(20)22-3)18-6-4-5-7(15)10(18)23-14/h4-6,10,13H,1-3H3. The van der Waals surface area contributed by atoms with E-state index in [2.05, 4.69) is 15.9 Å². The fraction of sp³-hybridized carbons (Fsp3) is 0.429. The Morgan fingerprint density at radius 1 is 1.35 bits per heavy atom. The number of alkyl halides is 2. The average molecular weight is 427 g/mol. The molecule has 0 bridgehead atoms. The molecule has 0 amide bonds. The highest BCUT2D eigenvalue weighted by Crippen LogP contribution is 2.44. The molecule has 2 rings (SSSR count). The van der Waals surface area contributed by atoms with Crippen LogP contribution in [0.1, 0.15) is 6.92 Å². The molecule has 2 aliphatic heterocycles. The fourth-order valence-electron chi connectivity index (χ4n) is 2.35. The van der Waals surface area contributed by atoms with Crippen LogP contribution in [0.5, 0.6) is 0 Å². The maximum absolute atomic E-state index is 12.3. The largest absolute Gasteiger partial charge is 0.466 e. The summed E-state index contributed by atoms with van der Waals surface area (Å²) in [4.78, 5) is 25.0. The normalized spacial score (nSPS) is 26.8. The number of hydrogen-bond donors (Lipinski definition) is 0. The summed E-state index contributed by atoms with van der Waals surface area (Å²) in [6.45, 7) is 1.52. The Balaban J connectivity index is 2.76. The maximum atomic E-state index is 12.3. The van der Waals surface area contributed by atoms with Crippen LogP contribution < -0.4 is 0 Å². The predicted octanol–water partition coefficient (Wildman–Crippen LogP) is 2.61. The van der Waals surface area contributed by atoms with Gasteiger partial charge >= 0.3 is 11.9 Å². The quantitative estimate of drug-likeness (QED) is 0.510. The topological polar surface area (TPSA) is 65.1 Å². The molecule has 0 fully saturated rings. The summed E-state index contributed by atoms with van der Waals surface area (Å²) in [5, 5.41) is 0. The number of fused-ring (bicyclic) bond motifs is 1. The lowest BCUT2D eigenvalue weighted by Gasteiger charge is -2.46. The zero-order valence-corrected chi connectivity index (χ0v) is 15.6. The van der Waals surface area contributed by atoms with Crippen molar-refractivity contribution in [3.63, 3.8) is 0 Å². The van der Waals surface area contributed by atoms with Gasteiger partial charge in [-0.2, -0.15) is 0 Å². The summed E-state index contributed by atoms with van der Waals surface area (Å²) in [5.74, 6) is -1.51. The zero-order valence-electron chi connectivity index (χ0n) is 12.5. The van der Waals surface area contributed by atoms with Crippen molar-refractivity contribution in [2.75, 3.05) is 14.2 Å². The van der Waals surface area contributed by atoms with Crippen LogP contribution in [-0.2, 0) is 23.8 Å². The Bertz CT molecular complexity index is 631. The Hall–Kier alpha value is -1.02. The molecular weight excluding hydrogens is 413 g/mol. The molecule has 2 atom stereocenters. The van der Waals surface area contributed by atoms with Gasteiger partial charge in [0.1, 0.15) is 21.7 Å². The molecule has 23 heavy (non-hydrogen) atoms. The van der Waals surface area contributed by atoms with E-state index in [1.54, 1.807) is 18.4 Å². The van der Waals surface area contributed by atoms with Gasteiger partial charge in [-0.25, -0.2) is 9.59 Å². The van der Waals surface area contributed by atoms with Gasteiger partial charge in [0.05, 0.1) is 14.2 Å². The third-order valence-electron chi connectivity index (χ3n) is 3.52. The first-order valence-electron chi connectivity index (χ1n) is 6.47. The van der Waals surface area contributed by atoms with Crippen molar-refractivity contribution in [2.24, 2.45) is 0 Å². The van der Waals surface area contributed by atoms with Crippen LogP contribution >= 0.6 is 39.1 Å². The van der Waals surface area contributed by atoms with Crippen molar-refractivity contribution < 1.29 is 23.8 Å². The molecule has 0 N–H and O–H groups in total. The monoisotopic (exact) mass is 425 g/mol. The second kappa shape index (κ2) is 6.84. The van der Waals surface area contributed by atoms with Crippen molar-refractivity contribution in [3.8, 4) is 0 Å². The first kappa shape index (κ1) is 18.3. The Kier molecular flexibility index (Phi) is 5.45. The van der Waals surface area contributed by atoms with Gasteiger partial charge in [-0.05, 0) is 19.1 Å². The number of methoxy groups -OCH3 is 2. The highest BCUT2D eigenvalue weighted by atomic mass is 79.9. The van der Waals surface area contributed by atoms with Crippen LogP contribution in [0.25, 0.3) is 0 Å². The molecule has 9 heteroatoms. The van der Waals surface area contributed by atoms with Gasteiger partial charge in [-0.3, -0.25) is 0 Å². The summed E-state index contributed by atoms with van der Waals surface area (Å²) in [7, 11) is 2.40. The van der Waals surface area contributed by atoms with Crippen molar-refractivity contribution >= 4 is 51.1 Å². The number of ether oxygens (including phenoxy) is 3. The lowest BCUT2D eigenvalue weighted by atomic mass is 9.92. The van der Waals surface area contributed by atoms with Gasteiger partial charge in [-0.15, -0.1) is 23.2 Å². The van der Waals surface area contributed by atoms with Crippen molar-refractivity contribution in [2.45, 2.75) is 23.6 Å². The molecule has 126 valence electrons. The van der Waals surface area contributed by atoms with E-state index in [1.165, 1.54) is 26.0 Å². The van der Waals surface area contributed by atoms with Crippen LogP contribution in [0.15, 0.2) is 34.1 Å². The molecule has 0 aliphatic carbocycles. The van der Waals surface area contributed by atoms with Crippen molar-refractivity contribution in [1.29, 1.82) is 0 Å². The van der Waals surface area contributed by atoms with E-state index in [0.29, 0.717) is 4.48 Å². The molecule has 0 spiro atoms. The van der Waals surface area contributed by atoms with E-state index >= 15 is 0 Å². The van der Waals surface area contributed by atoms with E-state index in [0.717, 1.165) is 0 Å². The molecular formula is C14H14BrCl2NO5. The molecule has 2 heterocycles. The maximum Gasteiger partial charge on any atom is 0.355 e. The fourth-order valence-corrected chi connectivity index (χ4v) is 3.13.